The molecule has 108 valence electrons. The van der Waals surface area contributed by atoms with Gasteiger partial charge in [-0.3, -0.25) is 0 Å². The van der Waals surface area contributed by atoms with Gasteiger partial charge in [0, 0.05) is 5.02 Å². The van der Waals surface area contributed by atoms with Crippen molar-refractivity contribution in [3.05, 3.63) is 34.9 Å². The second kappa shape index (κ2) is 5.31. The molecule has 2 nitrogen and oxygen atoms in total. The van der Waals surface area contributed by atoms with Crippen LogP contribution in [0.15, 0.2) is 24.3 Å². The molecule has 0 unspecified atom stereocenters. The molecule has 1 aromatic carbocycles. The summed E-state index contributed by atoms with van der Waals surface area (Å²) in [5.41, 5.74) is -3.47. The van der Waals surface area contributed by atoms with Crippen LogP contribution in [0, 0.1) is 0 Å². The summed E-state index contributed by atoms with van der Waals surface area (Å²) in [4.78, 5) is 0. The van der Waals surface area contributed by atoms with E-state index in [9.17, 15) is 18.3 Å². The first kappa shape index (κ1) is 16.3. The van der Waals surface area contributed by atoms with Crippen molar-refractivity contribution >= 4 is 11.6 Å². The number of aliphatic hydroxyl groups excluding tert-OH is 1. The predicted octanol–water partition coefficient (Wildman–Crippen LogP) is 3.29. The van der Waals surface area contributed by atoms with E-state index in [1.165, 1.54) is 0 Å². The van der Waals surface area contributed by atoms with Gasteiger partial charge in [-0.15, -0.1) is 0 Å². The molecule has 0 aromatic heterocycles. The monoisotopic (exact) mass is 296 g/mol. The molecule has 1 aromatic rings. The maximum absolute atomic E-state index is 12.8. The number of halogens is 4. The standard InChI is InChI=1S/C13H16ClF3O2/c1-11(2,9-3-5-10(14)6-4-9)7-12(19,8-18)13(15,16)17/h3-6,18-19H,7-8H2,1-2H3/t12-/m0/s1. The highest BCUT2D eigenvalue weighted by Crippen LogP contribution is 2.40. The summed E-state index contributed by atoms with van der Waals surface area (Å²) in [6, 6.07) is 6.36. The molecule has 0 radical (unpaired) electrons. The van der Waals surface area contributed by atoms with Gasteiger partial charge in [0.15, 0.2) is 5.60 Å². The summed E-state index contributed by atoms with van der Waals surface area (Å²) < 4.78 is 38.4. The fourth-order valence-electron chi connectivity index (χ4n) is 1.98. The Labute approximate surface area is 114 Å². The van der Waals surface area contributed by atoms with Crippen LogP contribution in [0.4, 0.5) is 13.2 Å². The van der Waals surface area contributed by atoms with Gasteiger partial charge in [0.1, 0.15) is 0 Å². The minimum Gasteiger partial charge on any atom is -0.393 e. The minimum absolute atomic E-state index is 0.479. The third kappa shape index (κ3) is 3.61. The number of hydrogen-bond acceptors (Lipinski definition) is 2. The lowest BCUT2D eigenvalue weighted by atomic mass is 9.75. The zero-order valence-corrected chi connectivity index (χ0v) is 11.4. The molecular weight excluding hydrogens is 281 g/mol. The quantitative estimate of drug-likeness (QED) is 0.895. The first-order valence-corrected chi connectivity index (χ1v) is 6.06. The summed E-state index contributed by atoms with van der Waals surface area (Å²) in [6.45, 7) is 1.78. The normalized spacial score (nSPS) is 16.2. The van der Waals surface area contributed by atoms with E-state index in [0.717, 1.165) is 0 Å². The molecule has 0 heterocycles. The molecule has 2 N–H and O–H groups in total. The van der Waals surface area contributed by atoms with Crippen molar-refractivity contribution in [3.8, 4) is 0 Å². The molecule has 0 aliphatic carbocycles. The van der Waals surface area contributed by atoms with Crippen LogP contribution < -0.4 is 0 Å². The van der Waals surface area contributed by atoms with Gasteiger partial charge in [-0.05, 0) is 29.5 Å². The average molecular weight is 297 g/mol. The van der Waals surface area contributed by atoms with E-state index in [1.807, 2.05) is 0 Å². The fourth-order valence-corrected chi connectivity index (χ4v) is 2.11. The second-order valence-corrected chi connectivity index (χ2v) is 5.69. The Morgan fingerprint density at radius 1 is 1.11 bits per heavy atom. The first-order chi connectivity index (χ1) is 8.52. The van der Waals surface area contributed by atoms with Crippen molar-refractivity contribution in [3.63, 3.8) is 0 Å². The van der Waals surface area contributed by atoms with E-state index in [4.69, 9.17) is 16.7 Å². The van der Waals surface area contributed by atoms with Gasteiger partial charge < -0.3 is 10.2 Å². The number of rotatable bonds is 4. The molecule has 0 aliphatic rings. The van der Waals surface area contributed by atoms with Gasteiger partial charge in [0.05, 0.1) is 6.61 Å². The zero-order chi connectivity index (χ0) is 14.9. The number of hydrogen-bond donors (Lipinski definition) is 2. The number of benzene rings is 1. The first-order valence-electron chi connectivity index (χ1n) is 5.68. The third-order valence-electron chi connectivity index (χ3n) is 3.15. The van der Waals surface area contributed by atoms with Crippen LogP contribution in [0.5, 0.6) is 0 Å². The highest BCUT2D eigenvalue weighted by atomic mass is 35.5. The molecule has 0 fully saturated rings. The van der Waals surface area contributed by atoms with Gasteiger partial charge in [0.25, 0.3) is 0 Å². The van der Waals surface area contributed by atoms with Crippen molar-refractivity contribution in [2.45, 2.75) is 37.5 Å². The van der Waals surface area contributed by atoms with Crippen LogP contribution in [0.3, 0.4) is 0 Å². The van der Waals surface area contributed by atoms with Crippen LogP contribution in [-0.2, 0) is 5.41 Å². The van der Waals surface area contributed by atoms with E-state index >= 15 is 0 Å². The lowest BCUT2D eigenvalue weighted by Gasteiger charge is -2.36. The molecule has 19 heavy (non-hydrogen) atoms. The highest BCUT2D eigenvalue weighted by molar-refractivity contribution is 6.30. The SMILES string of the molecule is CC(C)(C[C@](O)(CO)C(F)(F)F)c1ccc(Cl)cc1. The van der Waals surface area contributed by atoms with Crippen LogP contribution in [0.2, 0.25) is 5.02 Å². The smallest absolute Gasteiger partial charge is 0.393 e. The van der Waals surface area contributed by atoms with Crippen molar-refractivity contribution in [1.82, 2.24) is 0 Å². The third-order valence-corrected chi connectivity index (χ3v) is 3.40. The Hall–Kier alpha value is -0.780. The van der Waals surface area contributed by atoms with Crippen LogP contribution in [0.1, 0.15) is 25.8 Å². The van der Waals surface area contributed by atoms with Crippen LogP contribution in [-0.4, -0.2) is 28.6 Å². The van der Waals surface area contributed by atoms with Gasteiger partial charge >= 0.3 is 6.18 Å². The molecule has 1 rings (SSSR count). The van der Waals surface area contributed by atoms with E-state index < -0.39 is 30.2 Å². The van der Waals surface area contributed by atoms with Crippen molar-refractivity contribution < 1.29 is 23.4 Å². The van der Waals surface area contributed by atoms with Gasteiger partial charge in [-0.1, -0.05) is 37.6 Å². The van der Waals surface area contributed by atoms with E-state index in [2.05, 4.69) is 0 Å². The average Bonchev–Trinajstić information content (AvgIpc) is 2.27. The van der Waals surface area contributed by atoms with Crippen molar-refractivity contribution in [2.24, 2.45) is 0 Å². The number of alkyl halides is 3. The van der Waals surface area contributed by atoms with Gasteiger partial charge in [-0.2, -0.15) is 13.2 Å². The minimum atomic E-state index is -4.88. The van der Waals surface area contributed by atoms with Crippen molar-refractivity contribution in [1.29, 1.82) is 0 Å². The largest absolute Gasteiger partial charge is 0.419 e. The summed E-state index contributed by atoms with van der Waals surface area (Å²) in [5.74, 6) is 0. The lowest BCUT2D eigenvalue weighted by molar-refractivity contribution is -0.277. The summed E-state index contributed by atoms with van der Waals surface area (Å²) in [5, 5.41) is 19.0. The summed E-state index contributed by atoms with van der Waals surface area (Å²) in [6.07, 6.45) is -5.52. The number of aliphatic hydroxyl groups is 2. The van der Waals surface area contributed by atoms with Crippen LogP contribution in [0.25, 0.3) is 0 Å². The van der Waals surface area contributed by atoms with E-state index in [0.29, 0.717) is 10.6 Å². The van der Waals surface area contributed by atoms with Gasteiger partial charge in [0.2, 0.25) is 0 Å². The van der Waals surface area contributed by atoms with Crippen LogP contribution >= 0.6 is 11.6 Å². The molecule has 0 amide bonds. The van der Waals surface area contributed by atoms with E-state index in [1.54, 1.807) is 38.1 Å². The molecule has 0 aliphatic heterocycles. The topological polar surface area (TPSA) is 40.5 Å². The second-order valence-electron chi connectivity index (χ2n) is 5.26. The molecule has 0 spiro atoms. The molecule has 1 atom stereocenters. The Balaban J connectivity index is 3.04. The van der Waals surface area contributed by atoms with E-state index in [-0.39, 0.29) is 0 Å². The molecule has 0 saturated heterocycles. The fraction of sp³-hybridized carbons (Fsp3) is 0.538. The summed E-state index contributed by atoms with van der Waals surface area (Å²) in [7, 11) is 0. The summed E-state index contributed by atoms with van der Waals surface area (Å²) >= 11 is 5.73. The highest BCUT2D eigenvalue weighted by Gasteiger charge is 2.55. The molecule has 6 heteroatoms. The zero-order valence-electron chi connectivity index (χ0n) is 10.6. The Bertz CT molecular complexity index is 429. The maximum Gasteiger partial charge on any atom is 0.419 e. The van der Waals surface area contributed by atoms with Gasteiger partial charge in [-0.25, -0.2) is 0 Å². The molecule has 0 bridgehead atoms. The predicted molar refractivity (Wildman–Crippen MR) is 67.2 cm³/mol. The molecular formula is C13H16ClF3O2. The Morgan fingerprint density at radius 2 is 1.58 bits per heavy atom. The molecule has 0 saturated carbocycles. The maximum atomic E-state index is 12.8. The lowest BCUT2D eigenvalue weighted by Crippen LogP contribution is -2.51. The Kier molecular flexibility index (Phi) is 4.55. The van der Waals surface area contributed by atoms with Crippen molar-refractivity contribution in [2.75, 3.05) is 6.61 Å². The Morgan fingerprint density at radius 3 is 1.95 bits per heavy atom.